The molecule has 4 aliphatic rings. The van der Waals surface area contributed by atoms with E-state index in [1.165, 1.54) is 18.4 Å². The second kappa shape index (κ2) is 7.07. The van der Waals surface area contributed by atoms with Crippen molar-refractivity contribution in [2.45, 2.75) is 62.0 Å². The molecular formula is C24H33NO4. The largest absolute Gasteiger partial charge is 0.497 e. The molecule has 5 rings (SSSR count). The number of nitrogens with zero attached hydrogens (tertiary/aromatic N) is 1. The molecule has 5 nitrogen and oxygen atoms in total. The van der Waals surface area contributed by atoms with Crippen LogP contribution >= 0.6 is 0 Å². The Morgan fingerprint density at radius 1 is 1.28 bits per heavy atom. The molecule has 2 saturated carbocycles. The zero-order valence-corrected chi connectivity index (χ0v) is 17.7. The number of carbonyl (C=O) groups is 1. The van der Waals surface area contributed by atoms with Crippen LogP contribution in [0.4, 0.5) is 0 Å². The normalized spacial score (nSPS) is 36.4. The highest BCUT2D eigenvalue weighted by Gasteiger charge is 2.66. The molecule has 0 unspecified atom stereocenters. The van der Waals surface area contributed by atoms with Gasteiger partial charge in [0.2, 0.25) is 0 Å². The molecule has 3 fully saturated rings. The summed E-state index contributed by atoms with van der Waals surface area (Å²) in [5, 5.41) is 12.4. The van der Waals surface area contributed by atoms with E-state index < -0.39 is 11.0 Å². The van der Waals surface area contributed by atoms with Gasteiger partial charge in [0.1, 0.15) is 11.5 Å². The van der Waals surface area contributed by atoms with Crippen LogP contribution in [0.5, 0.6) is 5.75 Å². The van der Waals surface area contributed by atoms with Gasteiger partial charge in [0.15, 0.2) is 0 Å². The van der Waals surface area contributed by atoms with Gasteiger partial charge in [0.25, 0.3) is 0 Å². The summed E-state index contributed by atoms with van der Waals surface area (Å²) >= 11 is 0. The number of ketones is 1. The lowest BCUT2D eigenvalue weighted by Gasteiger charge is -2.64. The van der Waals surface area contributed by atoms with E-state index in [-0.39, 0.29) is 17.7 Å². The summed E-state index contributed by atoms with van der Waals surface area (Å²) in [6.45, 7) is 2.63. The summed E-state index contributed by atoms with van der Waals surface area (Å²) in [5.41, 5.74) is 1.08. The number of likely N-dealkylation sites (tertiary alicyclic amines) is 1. The van der Waals surface area contributed by atoms with Crippen LogP contribution in [0, 0.1) is 11.8 Å². The predicted molar refractivity (Wildman–Crippen MR) is 110 cm³/mol. The molecule has 0 radical (unpaired) electrons. The van der Waals surface area contributed by atoms with Gasteiger partial charge in [0.05, 0.1) is 12.7 Å². The Hall–Kier alpha value is -1.43. The van der Waals surface area contributed by atoms with Crippen LogP contribution in [0.2, 0.25) is 0 Å². The molecule has 1 saturated heterocycles. The van der Waals surface area contributed by atoms with E-state index in [1.54, 1.807) is 14.2 Å². The second-order valence-corrected chi connectivity index (χ2v) is 9.76. The molecule has 5 heteroatoms. The maximum Gasteiger partial charge on any atom is 0.137 e. The Bertz CT molecular complexity index is 806. The highest BCUT2D eigenvalue weighted by Crippen LogP contribution is 2.59. The molecule has 1 aliphatic heterocycles. The van der Waals surface area contributed by atoms with E-state index in [9.17, 15) is 9.90 Å². The van der Waals surface area contributed by atoms with Crippen LogP contribution in [-0.2, 0) is 21.4 Å². The maximum atomic E-state index is 13.2. The molecule has 1 aromatic rings. The van der Waals surface area contributed by atoms with Gasteiger partial charge >= 0.3 is 0 Å². The Labute approximate surface area is 173 Å². The van der Waals surface area contributed by atoms with Crippen molar-refractivity contribution < 1.29 is 19.4 Å². The zero-order valence-electron chi connectivity index (χ0n) is 17.7. The van der Waals surface area contributed by atoms with Gasteiger partial charge in [-0.15, -0.1) is 0 Å². The first kappa shape index (κ1) is 19.5. The van der Waals surface area contributed by atoms with Crippen molar-refractivity contribution in [1.82, 2.24) is 4.90 Å². The number of ether oxygens (including phenoxy) is 2. The lowest BCUT2D eigenvalue weighted by atomic mass is 9.47. The number of rotatable bonds is 6. The molecule has 1 heterocycles. The molecule has 2 bridgehead atoms. The van der Waals surface area contributed by atoms with Crippen molar-refractivity contribution in [3.8, 4) is 5.75 Å². The van der Waals surface area contributed by atoms with Crippen LogP contribution < -0.4 is 4.74 Å². The molecule has 1 aromatic carbocycles. The number of piperidine rings is 1. The lowest BCUT2D eigenvalue weighted by molar-refractivity contribution is -0.182. The summed E-state index contributed by atoms with van der Waals surface area (Å²) in [5.74, 6) is 1.78. The number of aliphatic hydroxyl groups is 1. The van der Waals surface area contributed by atoms with Crippen molar-refractivity contribution in [3.05, 3.63) is 29.3 Å². The van der Waals surface area contributed by atoms with Crippen molar-refractivity contribution >= 4 is 5.78 Å². The Kier molecular flexibility index (Phi) is 4.76. The Balaban J connectivity index is 1.59. The molecule has 0 amide bonds. The minimum atomic E-state index is -0.869. The monoisotopic (exact) mass is 399 g/mol. The van der Waals surface area contributed by atoms with Gasteiger partial charge in [-0.2, -0.15) is 0 Å². The van der Waals surface area contributed by atoms with E-state index in [2.05, 4.69) is 17.0 Å². The number of carbonyl (C=O) groups excluding carboxylic acids is 1. The van der Waals surface area contributed by atoms with Crippen molar-refractivity contribution in [3.63, 3.8) is 0 Å². The lowest BCUT2D eigenvalue weighted by Crippen LogP contribution is -2.74. The molecule has 158 valence electrons. The zero-order chi connectivity index (χ0) is 20.2. The van der Waals surface area contributed by atoms with E-state index in [4.69, 9.17) is 9.47 Å². The van der Waals surface area contributed by atoms with Crippen molar-refractivity contribution in [1.29, 1.82) is 0 Å². The Morgan fingerprint density at radius 3 is 2.83 bits per heavy atom. The molecule has 4 atom stereocenters. The fourth-order valence-corrected chi connectivity index (χ4v) is 6.48. The van der Waals surface area contributed by atoms with Gasteiger partial charge < -0.3 is 14.6 Å². The number of Topliss-reactive ketones (excluding diaryl/α,β-unsaturated/α-hetero) is 1. The first-order valence-corrected chi connectivity index (χ1v) is 11.2. The summed E-state index contributed by atoms with van der Waals surface area (Å²) in [7, 11) is 3.36. The summed E-state index contributed by atoms with van der Waals surface area (Å²) in [6, 6.07) is 6.36. The minimum absolute atomic E-state index is 0.0934. The number of hydrogen-bond acceptors (Lipinski definition) is 5. The standard InChI is InChI=1S/C24H33NO4/c1-28-10-7-18-13-24(27)22-11-17-5-6-19(29-2)12-20(17)23(24,14-21(18)26)8-9-25(22)15-16-3-4-16/h5-6,12,16,18,22,27H,3-4,7-11,13-15H2,1-2H3/t18-,22+,23+,24+/m0/s1. The molecule has 3 aliphatic carbocycles. The quantitative estimate of drug-likeness (QED) is 0.797. The van der Waals surface area contributed by atoms with E-state index >= 15 is 0 Å². The third-order valence-corrected chi connectivity index (χ3v) is 8.24. The first-order chi connectivity index (χ1) is 14.0. The molecule has 0 spiro atoms. The fraction of sp³-hybridized carbons (Fsp3) is 0.708. The van der Waals surface area contributed by atoms with Gasteiger partial charge in [-0.25, -0.2) is 0 Å². The fourth-order valence-electron chi connectivity index (χ4n) is 6.48. The SMILES string of the molecule is COCC[C@H]1C[C@@]2(O)[C@H]3Cc4ccc(OC)cc4[C@@]2(CCN3CC2CC2)CC1=O. The topological polar surface area (TPSA) is 59.0 Å². The van der Waals surface area contributed by atoms with Crippen LogP contribution in [0.25, 0.3) is 0 Å². The molecule has 1 N–H and O–H groups in total. The third kappa shape index (κ3) is 2.96. The van der Waals surface area contributed by atoms with E-state index in [0.717, 1.165) is 43.2 Å². The third-order valence-electron chi connectivity index (χ3n) is 8.24. The summed E-state index contributed by atoms with van der Waals surface area (Å²) < 4.78 is 10.8. The van der Waals surface area contributed by atoms with Crippen LogP contribution in [0.1, 0.15) is 49.7 Å². The van der Waals surface area contributed by atoms with Crippen molar-refractivity contribution in [2.24, 2.45) is 11.8 Å². The molecule has 29 heavy (non-hydrogen) atoms. The van der Waals surface area contributed by atoms with Crippen LogP contribution in [-0.4, -0.2) is 61.3 Å². The van der Waals surface area contributed by atoms with E-state index in [1.807, 2.05) is 6.07 Å². The van der Waals surface area contributed by atoms with Gasteiger partial charge in [-0.1, -0.05) is 6.07 Å². The second-order valence-electron chi connectivity index (χ2n) is 9.76. The molecular weight excluding hydrogens is 366 g/mol. The molecule has 0 aromatic heterocycles. The Morgan fingerprint density at radius 2 is 2.10 bits per heavy atom. The minimum Gasteiger partial charge on any atom is -0.497 e. The number of hydrogen-bond donors (Lipinski definition) is 1. The first-order valence-electron chi connectivity index (χ1n) is 11.2. The van der Waals surface area contributed by atoms with Crippen molar-refractivity contribution in [2.75, 3.05) is 33.9 Å². The van der Waals surface area contributed by atoms with Gasteiger partial charge in [-0.3, -0.25) is 9.69 Å². The predicted octanol–water partition coefficient (Wildman–Crippen LogP) is 2.72. The van der Waals surface area contributed by atoms with Gasteiger partial charge in [-0.05, 0) is 74.2 Å². The van der Waals surface area contributed by atoms with Crippen LogP contribution in [0.15, 0.2) is 18.2 Å². The van der Waals surface area contributed by atoms with E-state index in [0.29, 0.717) is 25.9 Å². The average molecular weight is 400 g/mol. The van der Waals surface area contributed by atoms with Crippen LogP contribution in [0.3, 0.4) is 0 Å². The average Bonchev–Trinajstić information content (AvgIpc) is 3.53. The summed E-state index contributed by atoms with van der Waals surface area (Å²) in [6.07, 6.45) is 6.02. The number of benzene rings is 1. The van der Waals surface area contributed by atoms with Gasteiger partial charge in [0, 0.05) is 44.1 Å². The highest BCUT2D eigenvalue weighted by molar-refractivity contribution is 5.85. The highest BCUT2D eigenvalue weighted by atomic mass is 16.5. The maximum absolute atomic E-state index is 13.2. The summed E-state index contributed by atoms with van der Waals surface area (Å²) in [4.78, 5) is 15.8. The smallest absolute Gasteiger partial charge is 0.137 e. The number of methoxy groups -OCH3 is 2. The number of fused-ring (bicyclic) bond motifs is 1.